The van der Waals surface area contributed by atoms with Gasteiger partial charge in [-0.15, -0.1) is 0 Å². The highest BCUT2D eigenvalue weighted by molar-refractivity contribution is 5.71. The van der Waals surface area contributed by atoms with E-state index in [1.807, 2.05) is 0 Å². The van der Waals surface area contributed by atoms with E-state index < -0.39 is 34.1 Å². The lowest BCUT2D eigenvalue weighted by atomic mass is 10.2. The van der Waals surface area contributed by atoms with Crippen LogP contribution in [-0.4, -0.2) is 10.9 Å². The number of carbonyl (C=O) groups excluding carboxylic acids is 1. The van der Waals surface area contributed by atoms with Gasteiger partial charge in [0.15, 0.2) is 0 Å². The van der Waals surface area contributed by atoms with Crippen molar-refractivity contribution >= 4 is 11.7 Å². The maximum Gasteiger partial charge on any atom is 0.416 e. The zero-order valence-electron chi connectivity index (χ0n) is 8.45. The predicted molar refractivity (Wildman–Crippen MR) is 49.4 cm³/mol. The molecule has 0 saturated carbocycles. The highest BCUT2D eigenvalue weighted by atomic mass is 19.4. The van der Waals surface area contributed by atoms with E-state index in [-0.39, 0.29) is 0 Å². The summed E-state index contributed by atoms with van der Waals surface area (Å²) in [6.07, 6.45) is -4.69. The number of hydrogen-bond donors (Lipinski definition) is 0. The SMILES string of the molecule is CC(=O)Oc1ccc(C(F)(F)F)cc1[N+](=O)[O-]. The summed E-state index contributed by atoms with van der Waals surface area (Å²) >= 11 is 0. The number of nitrogens with zero attached hydrogens (tertiary/aromatic N) is 1. The van der Waals surface area contributed by atoms with E-state index in [9.17, 15) is 28.1 Å². The van der Waals surface area contributed by atoms with Crippen LogP contribution in [0.2, 0.25) is 0 Å². The molecule has 92 valence electrons. The summed E-state index contributed by atoms with van der Waals surface area (Å²) < 4.78 is 41.3. The first kappa shape index (κ1) is 12.9. The van der Waals surface area contributed by atoms with Crippen LogP contribution in [0.25, 0.3) is 0 Å². The van der Waals surface area contributed by atoms with Crippen molar-refractivity contribution in [3.05, 3.63) is 33.9 Å². The molecule has 0 heterocycles. The van der Waals surface area contributed by atoms with Crippen molar-refractivity contribution in [3.63, 3.8) is 0 Å². The van der Waals surface area contributed by atoms with E-state index >= 15 is 0 Å². The minimum atomic E-state index is -4.69. The summed E-state index contributed by atoms with van der Waals surface area (Å²) in [6, 6.07) is 1.66. The lowest BCUT2D eigenvalue weighted by Gasteiger charge is -2.08. The van der Waals surface area contributed by atoms with Crippen molar-refractivity contribution < 1.29 is 27.6 Å². The molecule has 0 saturated heterocycles. The van der Waals surface area contributed by atoms with Gasteiger partial charge in [-0.2, -0.15) is 13.2 Å². The first-order chi connectivity index (χ1) is 7.71. The summed E-state index contributed by atoms with van der Waals surface area (Å²) in [5.41, 5.74) is -2.09. The molecule has 0 aliphatic heterocycles. The van der Waals surface area contributed by atoms with Crippen LogP contribution in [0.15, 0.2) is 18.2 Å². The number of ether oxygens (including phenoxy) is 1. The molecule has 1 aromatic rings. The largest absolute Gasteiger partial charge is 0.419 e. The maximum atomic E-state index is 12.3. The third kappa shape index (κ3) is 3.16. The Labute approximate surface area is 93.0 Å². The van der Waals surface area contributed by atoms with Gasteiger partial charge in [-0.1, -0.05) is 0 Å². The lowest BCUT2D eigenvalue weighted by molar-refractivity contribution is -0.385. The van der Waals surface area contributed by atoms with Gasteiger partial charge >= 0.3 is 17.8 Å². The smallest absolute Gasteiger partial charge is 0.416 e. The topological polar surface area (TPSA) is 69.4 Å². The molecule has 0 bridgehead atoms. The Bertz CT molecular complexity index is 470. The Hall–Kier alpha value is -2.12. The zero-order valence-corrected chi connectivity index (χ0v) is 8.45. The van der Waals surface area contributed by atoms with E-state index in [0.717, 1.165) is 13.0 Å². The van der Waals surface area contributed by atoms with Crippen LogP contribution in [-0.2, 0) is 11.0 Å². The van der Waals surface area contributed by atoms with Gasteiger partial charge in [-0.25, -0.2) is 0 Å². The number of esters is 1. The van der Waals surface area contributed by atoms with Crippen molar-refractivity contribution in [2.75, 3.05) is 0 Å². The number of alkyl halides is 3. The van der Waals surface area contributed by atoms with Crippen molar-refractivity contribution in [2.24, 2.45) is 0 Å². The number of hydrogen-bond acceptors (Lipinski definition) is 4. The minimum absolute atomic E-state index is 0.318. The third-order valence-corrected chi connectivity index (χ3v) is 1.74. The van der Waals surface area contributed by atoms with Crippen LogP contribution in [0.3, 0.4) is 0 Å². The normalized spacial score (nSPS) is 11.1. The summed E-state index contributed by atoms with van der Waals surface area (Å²) in [5.74, 6) is -1.37. The second-order valence-corrected chi connectivity index (χ2v) is 3.03. The molecule has 0 radical (unpaired) electrons. The van der Waals surface area contributed by atoms with Gasteiger partial charge in [0.25, 0.3) is 0 Å². The molecule has 0 unspecified atom stereocenters. The van der Waals surface area contributed by atoms with Gasteiger partial charge < -0.3 is 4.74 Å². The van der Waals surface area contributed by atoms with Gasteiger partial charge in [-0.05, 0) is 12.1 Å². The van der Waals surface area contributed by atoms with Crippen molar-refractivity contribution in [1.29, 1.82) is 0 Å². The molecule has 0 N–H and O–H groups in total. The Balaban J connectivity index is 3.27. The van der Waals surface area contributed by atoms with Crippen LogP contribution in [0.5, 0.6) is 5.75 Å². The average molecular weight is 249 g/mol. The second kappa shape index (κ2) is 4.40. The lowest BCUT2D eigenvalue weighted by Crippen LogP contribution is -2.08. The molecule has 0 aromatic heterocycles. The second-order valence-electron chi connectivity index (χ2n) is 3.03. The molecule has 0 fully saturated rings. The molecule has 0 spiro atoms. The van der Waals surface area contributed by atoms with E-state index in [1.165, 1.54) is 0 Å². The predicted octanol–water partition coefficient (Wildman–Crippen LogP) is 2.54. The number of nitro groups is 1. The molecule has 17 heavy (non-hydrogen) atoms. The number of benzene rings is 1. The fourth-order valence-electron chi connectivity index (χ4n) is 1.08. The minimum Gasteiger partial charge on any atom is -0.419 e. The van der Waals surface area contributed by atoms with Gasteiger partial charge in [-0.3, -0.25) is 14.9 Å². The fraction of sp³-hybridized carbons (Fsp3) is 0.222. The quantitative estimate of drug-likeness (QED) is 0.349. The number of halogens is 3. The zero-order chi connectivity index (χ0) is 13.2. The Morgan fingerprint density at radius 3 is 2.41 bits per heavy atom. The maximum absolute atomic E-state index is 12.3. The Morgan fingerprint density at radius 2 is 2.00 bits per heavy atom. The molecule has 0 atom stereocenters. The van der Waals surface area contributed by atoms with Crippen molar-refractivity contribution in [1.82, 2.24) is 0 Å². The van der Waals surface area contributed by atoms with Crippen molar-refractivity contribution in [3.8, 4) is 5.75 Å². The van der Waals surface area contributed by atoms with Crippen LogP contribution < -0.4 is 4.74 Å². The highest BCUT2D eigenvalue weighted by Gasteiger charge is 2.33. The standard InChI is InChI=1S/C9H6F3NO4/c1-5(14)17-8-3-2-6(9(10,11)12)4-7(8)13(15)16/h2-4H,1H3. The molecule has 1 aromatic carbocycles. The van der Waals surface area contributed by atoms with Gasteiger partial charge in [0.1, 0.15) is 0 Å². The molecule has 0 aliphatic carbocycles. The first-order valence-corrected chi connectivity index (χ1v) is 4.26. The fourth-order valence-corrected chi connectivity index (χ4v) is 1.08. The number of carbonyl (C=O) groups is 1. The van der Waals surface area contributed by atoms with Crippen molar-refractivity contribution in [2.45, 2.75) is 13.1 Å². The van der Waals surface area contributed by atoms with Gasteiger partial charge in [0.2, 0.25) is 5.75 Å². The van der Waals surface area contributed by atoms with Crippen LogP contribution in [0, 0.1) is 10.1 Å². The molecular weight excluding hydrogens is 243 g/mol. The van der Waals surface area contributed by atoms with Crippen LogP contribution >= 0.6 is 0 Å². The van der Waals surface area contributed by atoms with E-state index in [1.54, 1.807) is 0 Å². The number of rotatable bonds is 2. The monoisotopic (exact) mass is 249 g/mol. The Morgan fingerprint density at radius 1 is 1.41 bits per heavy atom. The van der Waals surface area contributed by atoms with E-state index in [4.69, 9.17) is 0 Å². The molecule has 8 heteroatoms. The van der Waals surface area contributed by atoms with Crippen LogP contribution in [0.1, 0.15) is 12.5 Å². The first-order valence-electron chi connectivity index (χ1n) is 4.26. The summed E-state index contributed by atoms with van der Waals surface area (Å²) in [4.78, 5) is 20.1. The molecular formula is C9H6F3NO4. The molecule has 5 nitrogen and oxygen atoms in total. The van der Waals surface area contributed by atoms with Gasteiger partial charge in [0.05, 0.1) is 10.5 Å². The molecule has 1 rings (SSSR count). The average Bonchev–Trinajstić information content (AvgIpc) is 2.15. The van der Waals surface area contributed by atoms with Gasteiger partial charge in [0, 0.05) is 13.0 Å². The summed E-state index contributed by atoms with van der Waals surface area (Å²) in [6.45, 7) is 0.987. The summed E-state index contributed by atoms with van der Waals surface area (Å²) in [7, 11) is 0. The summed E-state index contributed by atoms with van der Waals surface area (Å²) in [5, 5.41) is 10.5. The van der Waals surface area contributed by atoms with E-state index in [0.29, 0.717) is 12.1 Å². The highest BCUT2D eigenvalue weighted by Crippen LogP contribution is 2.35. The van der Waals surface area contributed by atoms with E-state index in [2.05, 4.69) is 4.74 Å². The van der Waals surface area contributed by atoms with Crippen LogP contribution in [0.4, 0.5) is 18.9 Å². The Kier molecular flexibility index (Phi) is 3.35. The molecule has 0 aliphatic rings. The molecule has 0 amide bonds. The number of nitro benzene ring substituents is 1. The third-order valence-electron chi connectivity index (χ3n) is 1.74.